The molecule has 1 heterocycles. The van der Waals surface area contributed by atoms with Crippen LogP contribution in [0.3, 0.4) is 0 Å². The van der Waals surface area contributed by atoms with Crippen molar-refractivity contribution >= 4 is 17.5 Å². The summed E-state index contributed by atoms with van der Waals surface area (Å²) >= 11 is 0. The quantitative estimate of drug-likeness (QED) is 0.420. The molecule has 1 aromatic carbocycles. The molecule has 2 amide bonds. The van der Waals surface area contributed by atoms with E-state index in [0.29, 0.717) is 23.6 Å². The van der Waals surface area contributed by atoms with Gasteiger partial charge in [-0.25, -0.2) is 0 Å². The molecule has 28 heavy (non-hydrogen) atoms. The number of piperazine rings is 1. The number of nitrogens with one attached hydrogen (secondary N) is 2. The zero-order valence-electron chi connectivity index (χ0n) is 17.2. The number of likely N-dealkylation sites (N-methyl/N-ethyl adjacent to an activating group) is 1. The molecule has 156 valence electrons. The standard InChI is InChI=1S/C20H33N5O3/c1-15(2)23-19(26)14-22-20(27)17-13-16(5-6-18(17)21)28-12-4-7-25-10-8-24(3)9-11-25/h5-6,13,15H,4,7-12,14,21H2,1-3H3,(H,22,27)(H,23,26). The second-order valence-electron chi connectivity index (χ2n) is 7.50. The Labute approximate surface area is 167 Å². The maximum atomic E-state index is 12.3. The number of carbonyl (C=O) groups is 2. The molecule has 0 saturated carbocycles. The third-order valence-electron chi connectivity index (χ3n) is 4.61. The van der Waals surface area contributed by atoms with Crippen molar-refractivity contribution in [2.24, 2.45) is 0 Å². The summed E-state index contributed by atoms with van der Waals surface area (Å²) in [7, 11) is 2.14. The van der Waals surface area contributed by atoms with Crippen molar-refractivity contribution in [3.8, 4) is 5.75 Å². The topological polar surface area (TPSA) is 99.9 Å². The van der Waals surface area contributed by atoms with Crippen molar-refractivity contribution < 1.29 is 14.3 Å². The molecule has 2 rings (SSSR count). The largest absolute Gasteiger partial charge is 0.494 e. The predicted molar refractivity (Wildman–Crippen MR) is 111 cm³/mol. The maximum Gasteiger partial charge on any atom is 0.253 e. The summed E-state index contributed by atoms with van der Waals surface area (Å²) in [5.74, 6) is -0.0260. The minimum absolute atomic E-state index is 0.0250. The summed E-state index contributed by atoms with van der Waals surface area (Å²) in [4.78, 5) is 28.8. The Balaban J connectivity index is 1.78. The Hall–Kier alpha value is -2.32. The Morgan fingerprint density at radius 1 is 1.21 bits per heavy atom. The molecule has 1 aliphatic rings. The van der Waals surface area contributed by atoms with Crippen molar-refractivity contribution in [3.05, 3.63) is 23.8 Å². The van der Waals surface area contributed by atoms with Gasteiger partial charge >= 0.3 is 0 Å². The monoisotopic (exact) mass is 391 g/mol. The lowest BCUT2D eigenvalue weighted by Crippen LogP contribution is -2.44. The first-order chi connectivity index (χ1) is 13.3. The summed E-state index contributed by atoms with van der Waals surface area (Å²) in [6.45, 7) is 9.60. The van der Waals surface area contributed by atoms with Crippen LogP contribution in [-0.4, -0.2) is 80.6 Å². The number of nitrogens with two attached hydrogens (primary N) is 1. The number of anilines is 1. The van der Waals surface area contributed by atoms with Crippen LogP contribution in [0.15, 0.2) is 18.2 Å². The van der Waals surface area contributed by atoms with E-state index in [9.17, 15) is 9.59 Å². The van der Waals surface area contributed by atoms with Gasteiger partial charge in [0.25, 0.3) is 5.91 Å². The van der Waals surface area contributed by atoms with E-state index in [1.54, 1.807) is 18.2 Å². The minimum atomic E-state index is -0.390. The van der Waals surface area contributed by atoms with E-state index in [1.165, 1.54) is 0 Å². The van der Waals surface area contributed by atoms with E-state index in [-0.39, 0.29) is 24.4 Å². The molecule has 0 aromatic heterocycles. The average molecular weight is 392 g/mol. The molecular weight excluding hydrogens is 358 g/mol. The van der Waals surface area contributed by atoms with Crippen LogP contribution in [-0.2, 0) is 4.79 Å². The lowest BCUT2D eigenvalue weighted by Gasteiger charge is -2.32. The number of carbonyl (C=O) groups excluding carboxylic acids is 2. The van der Waals surface area contributed by atoms with E-state index in [0.717, 1.165) is 39.1 Å². The van der Waals surface area contributed by atoms with Crippen molar-refractivity contribution in [2.45, 2.75) is 26.3 Å². The zero-order valence-corrected chi connectivity index (χ0v) is 17.2. The van der Waals surface area contributed by atoms with E-state index in [2.05, 4.69) is 27.5 Å². The molecule has 1 fully saturated rings. The molecule has 1 aromatic rings. The number of hydrogen-bond acceptors (Lipinski definition) is 6. The van der Waals surface area contributed by atoms with Crippen LogP contribution in [0.2, 0.25) is 0 Å². The van der Waals surface area contributed by atoms with Crippen molar-refractivity contribution in [1.82, 2.24) is 20.4 Å². The van der Waals surface area contributed by atoms with Crippen LogP contribution in [0.5, 0.6) is 5.75 Å². The van der Waals surface area contributed by atoms with Crippen LogP contribution in [0.4, 0.5) is 5.69 Å². The molecule has 0 bridgehead atoms. The van der Waals surface area contributed by atoms with Crippen LogP contribution < -0.4 is 21.1 Å². The third kappa shape index (κ3) is 7.36. The molecule has 0 spiro atoms. The Bertz CT molecular complexity index is 657. The Kier molecular flexibility index (Phi) is 8.53. The van der Waals surface area contributed by atoms with Gasteiger partial charge in [-0.1, -0.05) is 0 Å². The highest BCUT2D eigenvalue weighted by Crippen LogP contribution is 2.20. The van der Waals surface area contributed by atoms with E-state index in [4.69, 9.17) is 10.5 Å². The maximum absolute atomic E-state index is 12.3. The summed E-state index contributed by atoms with van der Waals surface area (Å²) in [6, 6.07) is 5.06. The van der Waals surface area contributed by atoms with Gasteiger partial charge in [0.1, 0.15) is 5.75 Å². The van der Waals surface area contributed by atoms with Gasteiger partial charge in [-0.2, -0.15) is 0 Å². The molecular formula is C20H33N5O3. The number of rotatable bonds is 9. The molecule has 0 radical (unpaired) electrons. The molecule has 0 unspecified atom stereocenters. The van der Waals surface area contributed by atoms with E-state index < -0.39 is 0 Å². The van der Waals surface area contributed by atoms with Gasteiger partial charge < -0.3 is 30.9 Å². The normalized spacial score (nSPS) is 15.4. The Morgan fingerprint density at radius 2 is 1.93 bits per heavy atom. The summed E-state index contributed by atoms with van der Waals surface area (Å²) in [5.41, 5.74) is 6.58. The fourth-order valence-corrected chi connectivity index (χ4v) is 3.00. The highest BCUT2D eigenvalue weighted by molar-refractivity contribution is 6.01. The lowest BCUT2D eigenvalue weighted by atomic mass is 10.1. The molecule has 8 heteroatoms. The van der Waals surface area contributed by atoms with Crippen LogP contribution >= 0.6 is 0 Å². The van der Waals surface area contributed by atoms with Gasteiger partial charge in [-0.05, 0) is 45.5 Å². The van der Waals surface area contributed by atoms with Gasteiger partial charge in [0.15, 0.2) is 0 Å². The average Bonchev–Trinajstić information content (AvgIpc) is 2.65. The molecule has 0 atom stereocenters. The first-order valence-corrected chi connectivity index (χ1v) is 9.86. The second-order valence-corrected chi connectivity index (χ2v) is 7.50. The van der Waals surface area contributed by atoms with Gasteiger partial charge in [-0.3, -0.25) is 9.59 Å². The number of nitrogen functional groups attached to an aromatic ring is 1. The zero-order chi connectivity index (χ0) is 20.5. The van der Waals surface area contributed by atoms with Gasteiger partial charge in [0, 0.05) is 44.5 Å². The minimum Gasteiger partial charge on any atom is -0.494 e. The molecule has 0 aliphatic carbocycles. The smallest absolute Gasteiger partial charge is 0.253 e. The summed E-state index contributed by atoms with van der Waals surface area (Å²) in [6.07, 6.45) is 0.922. The van der Waals surface area contributed by atoms with Crippen LogP contribution in [0.1, 0.15) is 30.6 Å². The highest BCUT2D eigenvalue weighted by atomic mass is 16.5. The second kappa shape index (κ2) is 10.9. The highest BCUT2D eigenvalue weighted by Gasteiger charge is 2.14. The summed E-state index contributed by atoms with van der Waals surface area (Å²) < 4.78 is 5.79. The molecule has 1 saturated heterocycles. The molecule has 4 N–H and O–H groups in total. The predicted octanol–water partition coefficient (Wildman–Crippen LogP) is 0.540. The number of benzene rings is 1. The fourth-order valence-electron chi connectivity index (χ4n) is 3.00. The van der Waals surface area contributed by atoms with Gasteiger partial charge in [0.2, 0.25) is 5.91 Å². The van der Waals surface area contributed by atoms with Gasteiger partial charge in [-0.15, -0.1) is 0 Å². The van der Waals surface area contributed by atoms with Crippen molar-refractivity contribution in [3.63, 3.8) is 0 Å². The number of amides is 2. The number of hydrogen-bond donors (Lipinski definition) is 3. The van der Waals surface area contributed by atoms with Crippen molar-refractivity contribution in [1.29, 1.82) is 0 Å². The van der Waals surface area contributed by atoms with Crippen molar-refractivity contribution in [2.75, 3.05) is 58.7 Å². The van der Waals surface area contributed by atoms with E-state index >= 15 is 0 Å². The number of nitrogens with zero attached hydrogens (tertiary/aromatic N) is 2. The molecule has 1 aliphatic heterocycles. The molecule has 8 nitrogen and oxygen atoms in total. The SMILES string of the molecule is CC(C)NC(=O)CNC(=O)c1cc(OCCCN2CCN(C)CC2)ccc1N. The third-order valence-corrected chi connectivity index (χ3v) is 4.61. The lowest BCUT2D eigenvalue weighted by molar-refractivity contribution is -0.120. The van der Waals surface area contributed by atoms with Crippen LogP contribution in [0, 0.1) is 0 Å². The first kappa shape index (κ1) is 22.0. The number of ether oxygens (including phenoxy) is 1. The fraction of sp³-hybridized carbons (Fsp3) is 0.600. The van der Waals surface area contributed by atoms with E-state index in [1.807, 2.05) is 13.8 Å². The first-order valence-electron chi connectivity index (χ1n) is 9.86. The Morgan fingerprint density at radius 3 is 2.61 bits per heavy atom. The summed E-state index contributed by atoms with van der Waals surface area (Å²) in [5, 5.41) is 5.31. The van der Waals surface area contributed by atoms with Gasteiger partial charge in [0.05, 0.1) is 18.7 Å². The van der Waals surface area contributed by atoms with Crippen LogP contribution in [0.25, 0.3) is 0 Å².